The minimum Gasteiger partial charge on any atom is -0.242 e. The molecule has 0 unspecified atom stereocenters. The fourth-order valence-corrected chi connectivity index (χ4v) is 0.690. The Labute approximate surface area is 59.1 Å². The number of aryl methyl sites for hydroxylation is 1. The molecule has 1 radical (unpaired) electrons. The molecule has 0 bridgehead atoms. The third kappa shape index (κ3) is 1.35. The van der Waals surface area contributed by atoms with E-state index in [4.69, 9.17) is 0 Å². The van der Waals surface area contributed by atoms with Gasteiger partial charge < -0.3 is 0 Å². The summed E-state index contributed by atoms with van der Waals surface area (Å²) in [6.07, 6.45) is 0. The summed E-state index contributed by atoms with van der Waals surface area (Å²) in [6.45, 7) is 1.90. The molecule has 0 aromatic heterocycles. The smallest absolute Gasteiger partial charge is 0.242 e. The highest BCUT2D eigenvalue weighted by Gasteiger charge is 2.01. The highest BCUT2D eigenvalue weighted by Crippen LogP contribution is 2.02. The Morgan fingerprint density at radius 1 is 1.20 bits per heavy atom. The summed E-state index contributed by atoms with van der Waals surface area (Å²) < 4.78 is 0. The van der Waals surface area contributed by atoms with Crippen LogP contribution >= 0.6 is 0 Å². The number of hydrogen-bond acceptors (Lipinski definition) is 1. The molecule has 0 amide bonds. The zero-order chi connectivity index (χ0) is 7.56. The van der Waals surface area contributed by atoms with E-state index in [0.29, 0.717) is 0 Å². The van der Waals surface area contributed by atoms with E-state index in [0.717, 1.165) is 5.56 Å². The number of rotatable bonds is 1. The highest BCUT2D eigenvalue weighted by molar-refractivity contribution is 5.87. The van der Waals surface area contributed by atoms with E-state index in [1.165, 1.54) is 12.1 Å². The fourth-order valence-electron chi connectivity index (χ4n) is 0.690. The van der Waals surface area contributed by atoms with Crippen molar-refractivity contribution in [3.05, 3.63) is 35.4 Å². The number of carbonyl (C=O) groups is 1. The molecule has 0 atom stereocenters. The number of hydrogen-bond donors (Lipinski definition) is 0. The molecular formula is C8H7O2. The largest absolute Gasteiger partial charge is 0.386 e. The maximum atomic E-state index is 10.2. The molecule has 51 valence electrons. The minimum absolute atomic E-state index is 0.227. The van der Waals surface area contributed by atoms with Gasteiger partial charge in [0.25, 0.3) is 0 Å². The van der Waals surface area contributed by atoms with Crippen molar-refractivity contribution in [2.75, 3.05) is 0 Å². The zero-order valence-corrected chi connectivity index (χ0v) is 5.63. The highest BCUT2D eigenvalue weighted by atomic mass is 16.4. The predicted octanol–water partition coefficient (Wildman–Crippen LogP) is 1.57. The first-order valence-corrected chi connectivity index (χ1v) is 2.98. The molecule has 0 heterocycles. The van der Waals surface area contributed by atoms with Crippen molar-refractivity contribution >= 4 is 5.97 Å². The van der Waals surface area contributed by atoms with Crippen LogP contribution in [-0.2, 0) is 5.11 Å². The molecule has 0 saturated carbocycles. The van der Waals surface area contributed by atoms with Gasteiger partial charge in [-0.15, -0.1) is 0 Å². The van der Waals surface area contributed by atoms with E-state index in [1.54, 1.807) is 12.1 Å². The Morgan fingerprint density at radius 2 is 1.70 bits per heavy atom. The van der Waals surface area contributed by atoms with Crippen molar-refractivity contribution in [1.29, 1.82) is 0 Å². The van der Waals surface area contributed by atoms with Gasteiger partial charge in [0, 0.05) is 0 Å². The summed E-state index contributed by atoms with van der Waals surface area (Å²) in [6, 6.07) is 6.55. The average Bonchev–Trinajstić information content (AvgIpc) is 1.88. The molecule has 1 rings (SSSR count). The molecule has 1 aromatic carbocycles. The molecule has 0 spiro atoms. The lowest BCUT2D eigenvalue weighted by atomic mass is 10.2. The summed E-state index contributed by atoms with van der Waals surface area (Å²) >= 11 is 0. The van der Waals surface area contributed by atoms with Crippen molar-refractivity contribution in [3.8, 4) is 0 Å². The third-order valence-corrected chi connectivity index (χ3v) is 1.29. The van der Waals surface area contributed by atoms with Gasteiger partial charge in [0.05, 0.1) is 5.56 Å². The second-order valence-electron chi connectivity index (χ2n) is 2.15. The van der Waals surface area contributed by atoms with E-state index >= 15 is 0 Å². The van der Waals surface area contributed by atoms with Crippen molar-refractivity contribution < 1.29 is 9.90 Å². The van der Waals surface area contributed by atoms with E-state index in [9.17, 15) is 9.90 Å². The van der Waals surface area contributed by atoms with Crippen LogP contribution in [0.15, 0.2) is 24.3 Å². The van der Waals surface area contributed by atoms with Crippen LogP contribution in [0.1, 0.15) is 15.9 Å². The van der Waals surface area contributed by atoms with Crippen molar-refractivity contribution in [1.82, 2.24) is 0 Å². The van der Waals surface area contributed by atoms with Gasteiger partial charge in [-0.05, 0) is 19.1 Å². The maximum Gasteiger partial charge on any atom is 0.386 e. The Balaban J connectivity index is 3.00. The Bertz CT molecular complexity index is 236. The Hall–Kier alpha value is -1.31. The lowest BCUT2D eigenvalue weighted by molar-refractivity contribution is 0.0573. The molecule has 0 fully saturated rings. The van der Waals surface area contributed by atoms with Crippen LogP contribution in [0.3, 0.4) is 0 Å². The summed E-state index contributed by atoms with van der Waals surface area (Å²) in [5.74, 6) is -1.12. The maximum absolute atomic E-state index is 10.2. The first-order valence-electron chi connectivity index (χ1n) is 2.98. The van der Waals surface area contributed by atoms with Crippen LogP contribution in [0.2, 0.25) is 0 Å². The van der Waals surface area contributed by atoms with Gasteiger partial charge in [-0.3, -0.25) is 0 Å². The fraction of sp³-hybridized carbons (Fsp3) is 0.125. The minimum atomic E-state index is -1.12. The average molecular weight is 135 g/mol. The number of benzene rings is 1. The van der Waals surface area contributed by atoms with Crippen LogP contribution in [0.4, 0.5) is 0 Å². The molecule has 1 aromatic rings. The normalized spacial score (nSPS) is 9.30. The molecular weight excluding hydrogens is 128 g/mol. The molecule has 0 aliphatic rings. The van der Waals surface area contributed by atoms with Crippen LogP contribution < -0.4 is 0 Å². The van der Waals surface area contributed by atoms with Crippen LogP contribution in [-0.4, -0.2) is 5.97 Å². The molecule has 0 aliphatic heterocycles. The summed E-state index contributed by atoms with van der Waals surface area (Å²) in [7, 11) is 0. The first kappa shape index (κ1) is 6.81. The molecule has 0 N–H and O–H groups in total. The van der Waals surface area contributed by atoms with Crippen LogP contribution in [0.25, 0.3) is 0 Å². The van der Waals surface area contributed by atoms with Gasteiger partial charge in [-0.1, -0.05) is 17.7 Å². The Morgan fingerprint density at radius 3 is 2.10 bits per heavy atom. The van der Waals surface area contributed by atoms with Gasteiger partial charge in [0.15, 0.2) is 0 Å². The lowest BCUT2D eigenvalue weighted by Gasteiger charge is -1.91. The quantitative estimate of drug-likeness (QED) is 0.575. The zero-order valence-electron chi connectivity index (χ0n) is 5.63. The summed E-state index contributed by atoms with van der Waals surface area (Å²) in [4.78, 5) is 10.2. The topological polar surface area (TPSA) is 37.0 Å². The predicted molar refractivity (Wildman–Crippen MR) is 36.2 cm³/mol. The third-order valence-electron chi connectivity index (χ3n) is 1.29. The molecule has 2 nitrogen and oxygen atoms in total. The van der Waals surface area contributed by atoms with Gasteiger partial charge in [0.1, 0.15) is 0 Å². The molecule has 2 heteroatoms. The molecule has 0 saturated heterocycles. The monoisotopic (exact) mass is 135 g/mol. The second-order valence-corrected chi connectivity index (χ2v) is 2.15. The second kappa shape index (κ2) is 2.52. The van der Waals surface area contributed by atoms with Gasteiger partial charge in [-0.25, -0.2) is 9.90 Å². The van der Waals surface area contributed by atoms with E-state index in [2.05, 4.69) is 0 Å². The first-order chi connectivity index (χ1) is 4.70. The van der Waals surface area contributed by atoms with E-state index < -0.39 is 5.97 Å². The summed E-state index contributed by atoms with van der Waals surface area (Å²) in [5.41, 5.74) is 1.27. The standard InChI is InChI=1S/C8H7O2/c1-6-2-4-7(5-3-6)8(9)10/h2-5H,1H3. The SMILES string of the molecule is Cc1ccc(C([O])=O)cc1. The van der Waals surface area contributed by atoms with Crippen molar-refractivity contribution in [2.24, 2.45) is 0 Å². The lowest BCUT2D eigenvalue weighted by Crippen LogP contribution is -1.92. The van der Waals surface area contributed by atoms with Crippen LogP contribution in [0.5, 0.6) is 0 Å². The molecule has 0 aliphatic carbocycles. The Kier molecular flexibility index (Phi) is 1.71. The van der Waals surface area contributed by atoms with Crippen molar-refractivity contribution in [3.63, 3.8) is 0 Å². The van der Waals surface area contributed by atoms with Crippen LogP contribution in [0, 0.1) is 6.92 Å². The van der Waals surface area contributed by atoms with E-state index in [1.807, 2.05) is 6.92 Å². The van der Waals surface area contributed by atoms with Gasteiger partial charge in [0.2, 0.25) is 0 Å². The van der Waals surface area contributed by atoms with Gasteiger partial charge >= 0.3 is 5.97 Å². The summed E-state index contributed by atoms with van der Waals surface area (Å²) in [5, 5.41) is 10.2. The van der Waals surface area contributed by atoms with Gasteiger partial charge in [-0.2, -0.15) is 0 Å². The van der Waals surface area contributed by atoms with E-state index in [-0.39, 0.29) is 5.56 Å². The number of carbonyl (C=O) groups excluding carboxylic acids is 1. The molecule has 10 heavy (non-hydrogen) atoms. The van der Waals surface area contributed by atoms with Crippen molar-refractivity contribution in [2.45, 2.75) is 6.92 Å².